The average molecular weight is 325 g/mol. The second kappa shape index (κ2) is 5.67. The molecule has 1 aliphatic rings. The minimum atomic E-state index is -1.00. The Hall–Kier alpha value is -2.82. The molecule has 124 valence electrons. The Morgan fingerprint density at radius 2 is 1.92 bits per heavy atom. The predicted molar refractivity (Wildman–Crippen MR) is 90.3 cm³/mol. The van der Waals surface area contributed by atoms with Crippen molar-refractivity contribution in [1.82, 2.24) is 4.98 Å². The fourth-order valence-corrected chi connectivity index (χ4v) is 2.90. The molecule has 24 heavy (non-hydrogen) atoms. The zero-order chi connectivity index (χ0) is 17.5. The summed E-state index contributed by atoms with van der Waals surface area (Å²) in [6.45, 7) is 5.52. The van der Waals surface area contributed by atoms with Crippen molar-refractivity contribution in [2.75, 3.05) is 0 Å². The van der Waals surface area contributed by atoms with Gasteiger partial charge in [-0.1, -0.05) is 30.3 Å². The molecule has 3 rings (SSSR count). The number of H-pyrrole nitrogens is 1. The molecule has 5 nitrogen and oxygen atoms in total. The lowest BCUT2D eigenvalue weighted by atomic mass is 9.89. The summed E-state index contributed by atoms with van der Waals surface area (Å²) < 4.78 is 5.43. The maximum Gasteiger partial charge on any atom is 0.337 e. The minimum absolute atomic E-state index is 0.194. The SMILES string of the molecule is CC(=C1CC(C)(C)C(=O)O1)c1[nH]cc(C(=O)O)c1-c1ccccc1. The van der Waals surface area contributed by atoms with Gasteiger partial charge in [-0.05, 0) is 26.3 Å². The van der Waals surface area contributed by atoms with E-state index in [-0.39, 0.29) is 11.5 Å². The smallest absolute Gasteiger partial charge is 0.337 e. The van der Waals surface area contributed by atoms with Gasteiger partial charge in [-0.2, -0.15) is 0 Å². The summed E-state index contributed by atoms with van der Waals surface area (Å²) >= 11 is 0. The zero-order valence-electron chi connectivity index (χ0n) is 13.8. The summed E-state index contributed by atoms with van der Waals surface area (Å²) in [6.07, 6.45) is 1.97. The molecule has 0 radical (unpaired) electrons. The van der Waals surface area contributed by atoms with Crippen LogP contribution in [0.5, 0.6) is 0 Å². The summed E-state index contributed by atoms with van der Waals surface area (Å²) in [6, 6.07) is 9.32. The van der Waals surface area contributed by atoms with Gasteiger partial charge in [-0.3, -0.25) is 4.79 Å². The van der Waals surface area contributed by atoms with Crippen LogP contribution in [-0.4, -0.2) is 22.0 Å². The number of allylic oxidation sites excluding steroid dienone is 2. The van der Waals surface area contributed by atoms with E-state index in [0.29, 0.717) is 23.4 Å². The third kappa shape index (κ3) is 2.62. The minimum Gasteiger partial charge on any atom is -0.478 e. The van der Waals surface area contributed by atoms with E-state index in [1.54, 1.807) is 0 Å². The maximum absolute atomic E-state index is 11.9. The highest BCUT2D eigenvalue weighted by atomic mass is 16.5. The number of carbonyl (C=O) groups excluding carboxylic acids is 1. The molecule has 2 heterocycles. The largest absolute Gasteiger partial charge is 0.478 e. The summed E-state index contributed by atoms with van der Waals surface area (Å²) in [5.74, 6) is -0.679. The van der Waals surface area contributed by atoms with E-state index in [1.165, 1.54) is 6.20 Å². The molecular weight excluding hydrogens is 306 g/mol. The third-order valence-electron chi connectivity index (χ3n) is 4.34. The standard InChI is InChI=1S/C19H19NO4/c1-11(14-9-19(2,3)18(23)24-14)16-15(12-7-5-4-6-8-12)13(10-20-16)17(21)22/h4-8,10,20H,9H2,1-3H3,(H,21,22). The maximum atomic E-state index is 11.9. The second-order valence-corrected chi connectivity index (χ2v) is 6.62. The molecular formula is C19H19NO4. The fraction of sp³-hybridized carbons (Fsp3) is 0.263. The first-order chi connectivity index (χ1) is 11.3. The molecule has 0 atom stereocenters. The van der Waals surface area contributed by atoms with Gasteiger partial charge in [0.15, 0.2) is 0 Å². The average Bonchev–Trinajstić information content (AvgIpc) is 3.09. The van der Waals surface area contributed by atoms with Crippen LogP contribution in [0.1, 0.15) is 43.2 Å². The van der Waals surface area contributed by atoms with Gasteiger partial charge in [0.1, 0.15) is 5.76 Å². The first-order valence-electron chi connectivity index (χ1n) is 7.74. The van der Waals surface area contributed by atoms with Gasteiger partial charge in [0.25, 0.3) is 0 Å². The van der Waals surface area contributed by atoms with Crippen LogP contribution in [-0.2, 0) is 9.53 Å². The lowest BCUT2D eigenvalue weighted by Crippen LogP contribution is -2.16. The van der Waals surface area contributed by atoms with Crippen molar-refractivity contribution >= 4 is 17.5 Å². The number of carboxylic acid groups (broad SMARTS) is 1. The zero-order valence-corrected chi connectivity index (χ0v) is 13.8. The quantitative estimate of drug-likeness (QED) is 0.833. The molecule has 0 unspecified atom stereocenters. The number of rotatable bonds is 3. The monoisotopic (exact) mass is 325 g/mol. The number of aromatic carboxylic acids is 1. The van der Waals surface area contributed by atoms with Crippen LogP contribution in [0.3, 0.4) is 0 Å². The number of carboxylic acids is 1. The van der Waals surface area contributed by atoms with Gasteiger partial charge in [0.2, 0.25) is 0 Å². The number of benzene rings is 1. The molecule has 2 N–H and O–H groups in total. The molecule has 0 aliphatic carbocycles. The van der Waals surface area contributed by atoms with E-state index >= 15 is 0 Å². The Bertz CT molecular complexity index is 844. The van der Waals surface area contributed by atoms with Gasteiger partial charge in [-0.25, -0.2) is 4.79 Å². The van der Waals surface area contributed by atoms with Crippen molar-refractivity contribution < 1.29 is 19.4 Å². The topological polar surface area (TPSA) is 79.4 Å². The highest BCUT2D eigenvalue weighted by molar-refractivity contribution is 6.00. The first kappa shape index (κ1) is 16.1. The van der Waals surface area contributed by atoms with Crippen molar-refractivity contribution in [3.8, 4) is 11.1 Å². The Balaban J connectivity index is 2.16. The lowest BCUT2D eigenvalue weighted by molar-refractivity contribution is -0.142. The van der Waals surface area contributed by atoms with Crippen LogP contribution in [0.4, 0.5) is 0 Å². The molecule has 0 amide bonds. The number of hydrogen-bond acceptors (Lipinski definition) is 3. The van der Waals surface area contributed by atoms with E-state index < -0.39 is 11.4 Å². The molecule has 1 aromatic carbocycles. The van der Waals surface area contributed by atoms with E-state index in [2.05, 4.69) is 4.98 Å². The molecule has 1 aromatic heterocycles. The lowest BCUT2D eigenvalue weighted by Gasteiger charge is -2.10. The molecule has 5 heteroatoms. The van der Waals surface area contributed by atoms with Crippen molar-refractivity contribution in [2.24, 2.45) is 5.41 Å². The van der Waals surface area contributed by atoms with Crippen molar-refractivity contribution in [3.05, 3.63) is 53.5 Å². The fourth-order valence-electron chi connectivity index (χ4n) is 2.90. The van der Waals surface area contributed by atoms with Crippen LogP contribution < -0.4 is 0 Å². The molecule has 1 fully saturated rings. The van der Waals surface area contributed by atoms with Crippen molar-refractivity contribution in [1.29, 1.82) is 0 Å². The third-order valence-corrected chi connectivity index (χ3v) is 4.34. The Kier molecular flexibility index (Phi) is 3.79. The molecule has 1 aliphatic heterocycles. The van der Waals surface area contributed by atoms with Crippen LogP contribution >= 0.6 is 0 Å². The molecule has 0 spiro atoms. The van der Waals surface area contributed by atoms with Gasteiger partial charge in [0.05, 0.1) is 16.7 Å². The van der Waals surface area contributed by atoms with Crippen LogP contribution in [0, 0.1) is 5.41 Å². The Morgan fingerprint density at radius 3 is 2.46 bits per heavy atom. The van der Waals surface area contributed by atoms with Gasteiger partial charge >= 0.3 is 11.9 Å². The number of nitrogens with one attached hydrogen (secondary N) is 1. The van der Waals surface area contributed by atoms with Crippen LogP contribution in [0.2, 0.25) is 0 Å². The molecule has 1 saturated heterocycles. The highest BCUT2D eigenvalue weighted by Crippen LogP contribution is 2.41. The van der Waals surface area contributed by atoms with E-state index in [4.69, 9.17) is 4.74 Å². The number of cyclic esters (lactones) is 1. The number of aromatic amines is 1. The molecule has 0 bridgehead atoms. The number of esters is 1. The Labute approximate surface area is 140 Å². The second-order valence-electron chi connectivity index (χ2n) is 6.62. The van der Waals surface area contributed by atoms with Crippen LogP contribution in [0.15, 0.2) is 42.3 Å². The highest BCUT2D eigenvalue weighted by Gasteiger charge is 2.40. The number of ether oxygens (including phenoxy) is 1. The van der Waals surface area contributed by atoms with Crippen LogP contribution in [0.25, 0.3) is 16.7 Å². The summed E-state index contributed by atoms with van der Waals surface area (Å²) in [5, 5.41) is 9.49. The van der Waals surface area contributed by atoms with E-state index in [0.717, 1.165) is 11.1 Å². The van der Waals surface area contributed by atoms with E-state index in [1.807, 2.05) is 51.1 Å². The summed E-state index contributed by atoms with van der Waals surface area (Å²) in [5.41, 5.74) is 2.45. The number of hydrogen-bond donors (Lipinski definition) is 2. The van der Waals surface area contributed by atoms with E-state index in [9.17, 15) is 14.7 Å². The van der Waals surface area contributed by atoms with Gasteiger partial charge in [0, 0.05) is 23.8 Å². The van der Waals surface area contributed by atoms with Crippen molar-refractivity contribution in [2.45, 2.75) is 27.2 Å². The number of aromatic nitrogens is 1. The first-order valence-corrected chi connectivity index (χ1v) is 7.74. The van der Waals surface area contributed by atoms with Gasteiger partial charge in [-0.15, -0.1) is 0 Å². The number of carbonyl (C=O) groups is 2. The molecule has 0 saturated carbocycles. The normalized spacial score (nSPS) is 18.4. The summed E-state index contributed by atoms with van der Waals surface area (Å²) in [4.78, 5) is 26.6. The Morgan fingerprint density at radius 1 is 1.25 bits per heavy atom. The molecule has 2 aromatic rings. The van der Waals surface area contributed by atoms with Crippen molar-refractivity contribution in [3.63, 3.8) is 0 Å². The predicted octanol–water partition coefficient (Wildman–Crippen LogP) is 4.08. The van der Waals surface area contributed by atoms with Gasteiger partial charge < -0.3 is 14.8 Å². The summed E-state index contributed by atoms with van der Waals surface area (Å²) in [7, 11) is 0.